The number of methoxy groups -OCH3 is 2. The van der Waals surface area contributed by atoms with Crippen LogP contribution in [-0.4, -0.2) is 75.3 Å². The highest BCUT2D eigenvalue weighted by Crippen LogP contribution is 2.45. The lowest BCUT2D eigenvalue weighted by Gasteiger charge is -2.41. The molecular formula is C36H47N7O3. The molecule has 1 amide bonds. The normalized spacial score (nSPS) is 18.1. The Morgan fingerprint density at radius 3 is 2.39 bits per heavy atom. The van der Waals surface area contributed by atoms with Gasteiger partial charge in [-0.2, -0.15) is 0 Å². The number of aryl methyl sites for hydroxylation is 2. The molecule has 6 rings (SSSR count). The van der Waals surface area contributed by atoms with E-state index < -0.39 is 12.2 Å². The number of carbonyl (C=O) groups is 1. The van der Waals surface area contributed by atoms with Gasteiger partial charge in [-0.1, -0.05) is 32.0 Å². The number of primary amides is 1. The summed E-state index contributed by atoms with van der Waals surface area (Å²) in [7, 11) is 5.57. The molecule has 1 fully saturated rings. The van der Waals surface area contributed by atoms with Crippen LogP contribution in [0, 0.1) is 6.92 Å². The van der Waals surface area contributed by atoms with Crippen LogP contribution < -0.4 is 25.6 Å². The average molecular weight is 626 g/mol. The summed E-state index contributed by atoms with van der Waals surface area (Å²) in [5, 5.41) is 3.76. The van der Waals surface area contributed by atoms with Crippen LogP contribution in [0.1, 0.15) is 58.7 Å². The molecule has 1 saturated heterocycles. The molecule has 1 unspecified atom stereocenters. The number of nitrogens with zero attached hydrogens (tertiary/aromatic N) is 5. The predicted octanol–water partition coefficient (Wildman–Crippen LogP) is 5.03. The number of ether oxygens (including phenoxy) is 2. The monoisotopic (exact) mass is 625 g/mol. The number of hydrogen-bond acceptors (Lipinski definition) is 8. The average Bonchev–Trinajstić information content (AvgIpc) is 3.36. The van der Waals surface area contributed by atoms with E-state index in [9.17, 15) is 4.79 Å². The van der Waals surface area contributed by atoms with E-state index in [1.54, 1.807) is 14.2 Å². The zero-order valence-electron chi connectivity index (χ0n) is 28.0. The molecule has 3 aromatic rings. The summed E-state index contributed by atoms with van der Waals surface area (Å²) in [4.78, 5) is 25.1. The molecule has 1 atom stereocenters. The van der Waals surface area contributed by atoms with Gasteiger partial charge in [0.1, 0.15) is 12.5 Å². The third-order valence-electron chi connectivity index (χ3n) is 9.70. The zero-order chi connectivity index (χ0) is 32.5. The first-order chi connectivity index (χ1) is 22.3. The number of aliphatic imine (C=N–C) groups is 1. The number of benzene rings is 2. The smallest absolute Gasteiger partial charge is 0.250 e. The van der Waals surface area contributed by atoms with Crippen LogP contribution >= 0.6 is 0 Å². The number of fused-ring (bicyclic) bond motifs is 2. The first kappa shape index (κ1) is 31.7. The van der Waals surface area contributed by atoms with E-state index in [1.807, 2.05) is 13.1 Å². The number of aromatic nitrogens is 1. The maximum Gasteiger partial charge on any atom is 0.250 e. The van der Waals surface area contributed by atoms with Crippen molar-refractivity contribution in [2.45, 2.75) is 59.5 Å². The number of nitrogens with one attached hydrogen (secondary N) is 1. The Morgan fingerprint density at radius 2 is 1.76 bits per heavy atom. The summed E-state index contributed by atoms with van der Waals surface area (Å²) < 4.78 is 13.8. The van der Waals surface area contributed by atoms with Gasteiger partial charge in [0, 0.05) is 57.0 Å². The molecule has 3 aliphatic rings. The van der Waals surface area contributed by atoms with Crippen LogP contribution in [-0.2, 0) is 30.7 Å². The van der Waals surface area contributed by atoms with Crippen LogP contribution in [0.2, 0.25) is 0 Å². The molecule has 2 aromatic carbocycles. The SMILES string of the molecule is CCc1cccc(CC)c1N1C2=C(C=NC1Nc1ccc(N3CCN(C)CC3)cc1OC)CCc1c(C(N)=O)c(C)n(COC)c12. The Bertz CT molecular complexity index is 1660. The Kier molecular flexibility index (Phi) is 9.11. The number of rotatable bonds is 10. The number of hydrogen-bond donors (Lipinski definition) is 2. The molecule has 2 aliphatic heterocycles. The second-order valence-corrected chi connectivity index (χ2v) is 12.3. The first-order valence-corrected chi connectivity index (χ1v) is 16.4. The molecule has 10 heteroatoms. The molecule has 46 heavy (non-hydrogen) atoms. The Hall–Kier alpha value is -4.28. The Labute approximate surface area is 272 Å². The fourth-order valence-corrected chi connectivity index (χ4v) is 7.27. The number of anilines is 3. The first-order valence-electron chi connectivity index (χ1n) is 16.4. The summed E-state index contributed by atoms with van der Waals surface area (Å²) in [6, 6.07) is 12.9. The summed E-state index contributed by atoms with van der Waals surface area (Å²) in [6.45, 7) is 10.7. The molecule has 1 aliphatic carbocycles. The van der Waals surface area contributed by atoms with Crippen molar-refractivity contribution in [3.8, 4) is 5.75 Å². The second-order valence-electron chi connectivity index (χ2n) is 12.3. The van der Waals surface area contributed by atoms with E-state index in [2.05, 4.69) is 81.9 Å². The topological polar surface area (TPSA) is 101 Å². The van der Waals surface area contributed by atoms with Crippen molar-refractivity contribution < 1.29 is 14.3 Å². The summed E-state index contributed by atoms with van der Waals surface area (Å²) >= 11 is 0. The van der Waals surface area contributed by atoms with Gasteiger partial charge in [-0.3, -0.25) is 9.69 Å². The van der Waals surface area contributed by atoms with Crippen LogP contribution in [0.4, 0.5) is 17.1 Å². The van der Waals surface area contributed by atoms with Gasteiger partial charge in [-0.15, -0.1) is 0 Å². The second kappa shape index (κ2) is 13.2. The summed E-state index contributed by atoms with van der Waals surface area (Å²) in [6.07, 6.45) is 4.71. The van der Waals surface area contributed by atoms with E-state index in [4.69, 9.17) is 20.2 Å². The number of carbonyl (C=O) groups excluding carboxylic acids is 1. The Balaban J connectivity index is 1.50. The van der Waals surface area contributed by atoms with Crippen LogP contribution in [0.15, 0.2) is 47.0 Å². The lowest BCUT2D eigenvalue weighted by atomic mass is 9.89. The molecule has 0 bridgehead atoms. The highest BCUT2D eigenvalue weighted by molar-refractivity contribution is 6.04. The van der Waals surface area contributed by atoms with Crippen LogP contribution in [0.3, 0.4) is 0 Å². The minimum absolute atomic E-state index is 0.305. The number of amides is 1. The third-order valence-corrected chi connectivity index (χ3v) is 9.70. The summed E-state index contributed by atoms with van der Waals surface area (Å²) in [5.41, 5.74) is 17.1. The van der Waals surface area contributed by atoms with Crippen molar-refractivity contribution in [2.24, 2.45) is 10.7 Å². The van der Waals surface area contributed by atoms with E-state index in [-0.39, 0.29) is 0 Å². The molecule has 0 saturated carbocycles. The van der Waals surface area contributed by atoms with Gasteiger partial charge in [0.05, 0.1) is 35.4 Å². The molecule has 3 heterocycles. The van der Waals surface area contributed by atoms with Crippen LogP contribution in [0.5, 0.6) is 5.75 Å². The van der Waals surface area contributed by atoms with Crippen molar-refractivity contribution in [1.29, 1.82) is 0 Å². The van der Waals surface area contributed by atoms with Gasteiger partial charge in [0.15, 0.2) is 0 Å². The molecule has 244 valence electrons. The highest BCUT2D eigenvalue weighted by Gasteiger charge is 2.38. The van der Waals surface area contributed by atoms with Gasteiger partial charge < -0.3 is 34.9 Å². The van der Waals surface area contributed by atoms with Gasteiger partial charge in [0.25, 0.3) is 5.91 Å². The van der Waals surface area contributed by atoms with E-state index in [0.717, 1.165) is 96.5 Å². The number of para-hydroxylation sites is 1. The fraction of sp³-hybridized carbons (Fsp3) is 0.444. The largest absolute Gasteiger partial charge is 0.495 e. The predicted molar refractivity (Wildman–Crippen MR) is 186 cm³/mol. The molecular weight excluding hydrogens is 578 g/mol. The standard InChI is InChI=1S/C36H47N7O3/c1-7-24-10-9-11-25(8-2)32(24)43-33-26(12-14-28-31(35(37)44)23(3)42(22-45-5)34(28)33)21-38-36(43)39-29-15-13-27(20-30(29)46-6)41-18-16-40(4)17-19-41/h9-11,13,15,20-21,36,39H,7-8,12,14,16-19,22H2,1-6H3,(H2,37,44). The van der Waals surface area contributed by atoms with Crippen molar-refractivity contribution >= 4 is 34.9 Å². The quantitative estimate of drug-likeness (QED) is 0.326. The van der Waals surface area contributed by atoms with Gasteiger partial charge in [-0.25, -0.2) is 4.99 Å². The number of allylic oxidation sites excluding steroid dienone is 1. The molecule has 0 radical (unpaired) electrons. The van der Waals surface area contributed by atoms with Crippen molar-refractivity contribution in [3.63, 3.8) is 0 Å². The van der Waals surface area contributed by atoms with Crippen molar-refractivity contribution in [3.05, 3.63) is 75.6 Å². The lowest BCUT2D eigenvalue weighted by molar-refractivity contribution is 0.0997. The number of likely N-dealkylation sites (N-methyl/N-ethyl adjacent to an activating group) is 1. The van der Waals surface area contributed by atoms with Gasteiger partial charge in [-0.05, 0) is 74.1 Å². The molecule has 0 spiro atoms. The minimum atomic E-state index is -0.477. The Morgan fingerprint density at radius 1 is 1.04 bits per heavy atom. The summed E-state index contributed by atoms with van der Waals surface area (Å²) in [5.74, 6) is 0.358. The van der Waals surface area contributed by atoms with Crippen molar-refractivity contribution in [1.82, 2.24) is 9.47 Å². The minimum Gasteiger partial charge on any atom is -0.495 e. The molecule has 3 N–H and O–H groups in total. The maximum atomic E-state index is 12.8. The van der Waals surface area contributed by atoms with Gasteiger partial charge >= 0.3 is 0 Å². The lowest BCUT2D eigenvalue weighted by Crippen LogP contribution is -2.44. The van der Waals surface area contributed by atoms with E-state index in [0.29, 0.717) is 18.7 Å². The molecule has 1 aromatic heterocycles. The maximum absolute atomic E-state index is 12.8. The highest BCUT2D eigenvalue weighted by atomic mass is 16.5. The van der Waals surface area contributed by atoms with Crippen molar-refractivity contribution in [2.75, 3.05) is 62.6 Å². The number of piperazine rings is 1. The van der Waals surface area contributed by atoms with Crippen LogP contribution in [0.25, 0.3) is 5.70 Å². The van der Waals surface area contributed by atoms with E-state index >= 15 is 0 Å². The van der Waals surface area contributed by atoms with E-state index in [1.165, 1.54) is 11.1 Å². The zero-order valence-corrected chi connectivity index (χ0v) is 28.0. The third kappa shape index (κ3) is 5.54. The number of nitrogens with two attached hydrogens (primary N) is 1. The molecule has 10 nitrogen and oxygen atoms in total. The fourth-order valence-electron chi connectivity index (χ4n) is 7.27. The van der Waals surface area contributed by atoms with Gasteiger partial charge in [0.2, 0.25) is 6.29 Å².